The molecule has 138 valence electrons. The number of carbonyl (C=O) groups excluding carboxylic acids is 1. The highest BCUT2D eigenvalue weighted by Crippen LogP contribution is 2.20. The topological polar surface area (TPSA) is 35.6 Å². The molecule has 0 bridgehead atoms. The first-order valence-corrected chi connectivity index (χ1v) is 9.54. The lowest BCUT2D eigenvalue weighted by molar-refractivity contribution is -0.122. The number of anilines is 1. The van der Waals surface area contributed by atoms with Crippen LogP contribution in [-0.4, -0.2) is 37.5 Å². The highest BCUT2D eigenvalue weighted by Gasteiger charge is 2.11. The third-order valence-corrected chi connectivity index (χ3v) is 4.86. The minimum absolute atomic E-state index is 0.0567. The van der Waals surface area contributed by atoms with E-state index >= 15 is 0 Å². The van der Waals surface area contributed by atoms with Crippen LogP contribution in [0.2, 0.25) is 0 Å². The normalized spacial score (nSPS) is 14.5. The molecule has 0 atom stereocenters. The van der Waals surface area contributed by atoms with Gasteiger partial charge in [0.2, 0.25) is 5.91 Å². The number of rotatable bonds is 7. The van der Waals surface area contributed by atoms with Crippen LogP contribution in [0, 0.1) is 0 Å². The molecule has 1 N–H and O–H groups in total. The molecular formula is C22H29N3O. The van der Waals surface area contributed by atoms with Crippen molar-refractivity contribution in [3.63, 3.8) is 0 Å². The first-order chi connectivity index (χ1) is 12.7. The second kappa shape index (κ2) is 9.39. The largest absolute Gasteiger partial charge is 0.372 e. The van der Waals surface area contributed by atoms with Gasteiger partial charge < -0.3 is 10.2 Å². The zero-order chi connectivity index (χ0) is 18.2. The van der Waals surface area contributed by atoms with Gasteiger partial charge in [0, 0.05) is 31.9 Å². The van der Waals surface area contributed by atoms with Gasteiger partial charge in [0.1, 0.15) is 0 Å². The van der Waals surface area contributed by atoms with Crippen LogP contribution in [0.3, 0.4) is 0 Å². The lowest BCUT2D eigenvalue weighted by Crippen LogP contribution is -2.34. The quantitative estimate of drug-likeness (QED) is 0.830. The van der Waals surface area contributed by atoms with Gasteiger partial charge in [-0.3, -0.25) is 9.69 Å². The fourth-order valence-electron chi connectivity index (χ4n) is 3.43. The fraction of sp³-hybridized carbons (Fsp3) is 0.409. The molecule has 0 aliphatic carbocycles. The van der Waals surface area contributed by atoms with E-state index in [0.29, 0.717) is 13.1 Å². The van der Waals surface area contributed by atoms with Crippen molar-refractivity contribution in [2.45, 2.75) is 32.4 Å². The number of benzene rings is 2. The number of amides is 1. The Bertz CT molecular complexity index is 678. The van der Waals surface area contributed by atoms with E-state index in [1.807, 2.05) is 37.4 Å². The first kappa shape index (κ1) is 18.5. The molecule has 1 heterocycles. The van der Waals surface area contributed by atoms with E-state index in [1.165, 1.54) is 43.6 Å². The van der Waals surface area contributed by atoms with Gasteiger partial charge in [0.25, 0.3) is 0 Å². The van der Waals surface area contributed by atoms with Crippen molar-refractivity contribution in [1.29, 1.82) is 0 Å². The summed E-state index contributed by atoms with van der Waals surface area (Å²) in [6.07, 6.45) is 3.94. The molecule has 0 spiro atoms. The average Bonchev–Trinajstić information content (AvgIpc) is 2.68. The summed E-state index contributed by atoms with van der Waals surface area (Å²) in [6.45, 7) is 4.10. The van der Waals surface area contributed by atoms with Crippen LogP contribution in [0.15, 0.2) is 54.6 Å². The van der Waals surface area contributed by atoms with Crippen molar-refractivity contribution in [1.82, 2.24) is 10.2 Å². The standard InChI is InChI=1S/C22H29N3O/c1-24(18-22(26)23-16-19-8-4-2-5-9-19)17-20-10-12-21(13-11-20)25-14-6-3-7-15-25/h2,4-5,8-13H,3,6-7,14-18H2,1H3,(H,23,26). The number of hydrogen-bond donors (Lipinski definition) is 1. The molecule has 0 radical (unpaired) electrons. The SMILES string of the molecule is CN(CC(=O)NCc1ccccc1)Cc1ccc(N2CCCCC2)cc1. The molecule has 2 aromatic carbocycles. The van der Waals surface area contributed by atoms with Crippen molar-refractivity contribution < 1.29 is 4.79 Å². The Morgan fingerprint density at radius 2 is 1.65 bits per heavy atom. The molecule has 1 aliphatic rings. The van der Waals surface area contributed by atoms with Crippen LogP contribution in [-0.2, 0) is 17.9 Å². The maximum Gasteiger partial charge on any atom is 0.234 e. The number of piperidine rings is 1. The van der Waals surface area contributed by atoms with Gasteiger partial charge in [-0.05, 0) is 49.6 Å². The summed E-state index contributed by atoms with van der Waals surface area (Å²) in [7, 11) is 1.99. The van der Waals surface area contributed by atoms with Gasteiger partial charge in [0.05, 0.1) is 6.54 Å². The molecule has 1 aliphatic heterocycles. The number of nitrogens with zero attached hydrogens (tertiary/aromatic N) is 2. The van der Waals surface area contributed by atoms with E-state index in [1.54, 1.807) is 0 Å². The van der Waals surface area contributed by atoms with E-state index in [4.69, 9.17) is 0 Å². The second-order valence-corrected chi connectivity index (χ2v) is 7.15. The van der Waals surface area contributed by atoms with E-state index in [9.17, 15) is 4.79 Å². The molecule has 0 saturated carbocycles. The van der Waals surface area contributed by atoms with Crippen molar-refractivity contribution in [3.8, 4) is 0 Å². The Balaban J connectivity index is 1.43. The van der Waals surface area contributed by atoms with Crippen LogP contribution in [0.5, 0.6) is 0 Å². The molecule has 4 nitrogen and oxygen atoms in total. The third-order valence-electron chi connectivity index (χ3n) is 4.86. The van der Waals surface area contributed by atoms with Gasteiger partial charge in [-0.25, -0.2) is 0 Å². The predicted octanol–water partition coefficient (Wildman–Crippen LogP) is 3.43. The van der Waals surface area contributed by atoms with Crippen molar-refractivity contribution >= 4 is 11.6 Å². The molecule has 1 fully saturated rings. The minimum atomic E-state index is 0.0567. The van der Waals surface area contributed by atoms with Crippen LogP contribution in [0.4, 0.5) is 5.69 Å². The highest BCUT2D eigenvalue weighted by atomic mass is 16.2. The Kier molecular flexibility index (Phi) is 6.67. The fourth-order valence-corrected chi connectivity index (χ4v) is 3.43. The van der Waals surface area contributed by atoms with Gasteiger partial charge in [-0.1, -0.05) is 42.5 Å². The molecular weight excluding hydrogens is 322 g/mol. The summed E-state index contributed by atoms with van der Waals surface area (Å²) < 4.78 is 0. The summed E-state index contributed by atoms with van der Waals surface area (Å²) in [4.78, 5) is 16.6. The van der Waals surface area contributed by atoms with Crippen LogP contribution < -0.4 is 10.2 Å². The predicted molar refractivity (Wildman–Crippen MR) is 107 cm³/mol. The van der Waals surface area contributed by atoms with Crippen LogP contribution >= 0.6 is 0 Å². The summed E-state index contributed by atoms with van der Waals surface area (Å²) in [5.41, 5.74) is 3.68. The Hall–Kier alpha value is -2.33. The summed E-state index contributed by atoms with van der Waals surface area (Å²) >= 11 is 0. The highest BCUT2D eigenvalue weighted by molar-refractivity contribution is 5.77. The molecule has 0 unspecified atom stereocenters. The van der Waals surface area contributed by atoms with Crippen LogP contribution in [0.1, 0.15) is 30.4 Å². The van der Waals surface area contributed by atoms with E-state index < -0.39 is 0 Å². The Morgan fingerprint density at radius 3 is 2.35 bits per heavy atom. The number of likely N-dealkylation sites (N-methyl/N-ethyl adjacent to an activating group) is 1. The molecule has 3 rings (SSSR count). The first-order valence-electron chi connectivity index (χ1n) is 9.54. The molecule has 1 saturated heterocycles. The van der Waals surface area contributed by atoms with Gasteiger partial charge in [0.15, 0.2) is 0 Å². The Labute approximate surface area is 156 Å². The van der Waals surface area contributed by atoms with Crippen LogP contribution in [0.25, 0.3) is 0 Å². The number of carbonyl (C=O) groups is 1. The zero-order valence-electron chi connectivity index (χ0n) is 15.7. The van der Waals surface area contributed by atoms with E-state index in [2.05, 4.69) is 39.4 Å². The molecule has 26 heavy (non-hydrogen) atoms. The zero-order valence-corrected chi connectivity index (χ0v) is 15.7. The van der Waals surface area contributed by atoms with Crippen molar-refractivity contribution in [3.05, 3.63) is 65.7 Å². The third kappa shape index (κ3) is 5.60. The molecule has 1 amide bonds. The summed E-state index contributed by atoms with van der Waals surface area (Å²) in [5.74, 6) is 0.0567. The molecule has 2 aromatic rings. The Morgan fingerprint density at radius 1 is 0.962 bits per heavy atom. The smallest absolute Gasteiger partial charge is 0.234 e. The average molecular weight is 351 g/mol. The summed E-state index contributed by atoms with van der Waals surface area (Å²) in [6, 6.07) is 18.8. The summed E-state index contributed by atoms with van der Waals surface area (Å²) in [5, 5.41) is 2.98. The van der Waals surface area contributed by atoms with Crippen molar-refractivity contribution in [2.24, 2.45) is 0 Å². The van der Waals surface area contributed by atoms with Gasteiger partial charge in [-0.15, -0.1) is 0 Å². The maximum atomic E-state index is 12.1. The number of nitrogens with one attached hydrogen (secondary N) is 1. The maximum absolute atomic E-state index is 12.1. The van der Waals surface area contributed by atoms with E-state index in [0.717, 1.165) is 12.1 Å². The lowest BCUT2D eigenvalue weighted by Gasteiger charge is -2.29. The van der Waals surface area contributed by atoms with Gasteiger partial charge in [-0.2, -0.15) is 0 Å². The second-order valence-electron chi connectivity index (χ2n) is 7.15. The van der Waals surface area contributed by atoms with Gasteiger partial charge >= 0.3 is 0 Å². The van der Waals surface area contributed by atoms with Crippen molar-refractivity contribution in [2.75, 3.05) is 31.6 Å². The monoisotopic (exact) mass is 351 g/mol. The minimum Gasteiger partial charge on any atom is -0.372 e. The molecule has 0 aromatic heterocycles. The van der Waals surface area contributed by atoms with E-state index in [-0.39, 0.29) is 5.91 Å². The molecule has 4 heteroatoms. The number of hydrogen-bond acceptors (Lipinski definition) is 3. The lowest BCUT2D eigenvalue weighted by atomic mass is 10.1.